The van der Waals surface area contributed by atoms with E-state index >= 15 is 0 Å². The van der Waals surface area contributed by atoms with E-state index in [0.29, 0.717) is 6.04 Å². The van der Waals surface area contributed by atoms with E-state index in [2.05, 4.69) is 12.2 Å². The van der Waals surface area contributed by atoms with Crippen molar-refractivity contribution in [3.05, 3.63) is 24.3 Å². The van der Waals surface area contributed by atoms with Gasteiger partial charge in [0, 0.05) is 0 Å². The molecular weight excluding hydrogens is 138 g/mol. The van der Waals surface area contributed by atoms with Crippen LogP contribution in [0.25, 0.3) is 0 Å². The molecule has 0 aromatic heterocycles. The molecule has 2 heteroatoms. The van der Waals surface area contributed by atoms with Gasteiger partial charge >= 0.3 is 0 Å². The van der Waals surface area contributed by atoms with Gasteiger partial charge in [-0.25, -0.2) is 0 Å². The molecule has 11 heavy (non-hydrogen) atoms. The lowest BCUT2D eigenvalue weighted by Crippen LogP contribution is -2.27. The van der Waals surface area contributed by atoms with Crippen molar-refractivity contribution in [1.82, 2.24) is 0 Å². The average Bonchev–Trinajstić information content (AvgIpc) is 2.04. The van der Waals surface area contributed by atoms with Gasteiger partial charge in [0.1, 0.15) is 12.4 Å². The normalized spacial score (nSPS) is 21.4. The lowest BCUT2D eigenvalue weighted by atomic mass is 10.2. The molecule has 2 nitrogen and oxygen atoms in total. The van der Waals surface area contributed by atoms with Gasteiger partial charge in [-0.15, -0.1) is 0 Å². The van der Waals surface area contributed by atoms with Crippen LogP contribution in [-0.2, 0) is 0 Å². The highest BCUT2D eigenvalue weighted by Gasteiger charge is 2.12. The predicted molar refractivity (Wildman–Crippen MR) is 45.0 cm³/mol. The minimum Gasteiger partial charge on any atom is -0.489 e. The number of benzene rings is 1. The third-order valence-corrected chi connectivity index (χ3v) is 1.78. The number of fused-ring (bicyclic) bond motifs is 1. The second-order valence-corrected chi connectivity index (χ2v) is 2.85. The van der Waals surface area contributed by atoms with Gasteiger partial charge in [-0.05, 0) is 19.1 Å². The van der Waals surface area contributed by atoms with Crippen LogP contribution >= 0.6 is 0 Å². The van der Waals surface area contributed by atoms with Gasteiger partial charge in [-0.1, -0.05) is 12.1 Å². The van der Waals surface area contributed by atoms with Crippen LogP contribution in [0.5, 0.6) is 5.75 Å². The van der Waals surface area contributed by atoms with Crippen molar-refractivity contribution in [3.63, 3.8) is 0 Å². The molecule has 0 saturated carbocycles. The van der Waals surface area contributed by atoms with Gasteiger partial charge in [0.2, 0.25) is 0 Å². The van der Waals surface area contributed by atoms with Crippen LogP contribution < -0.4 is 10.1 Å². The molecule has 1 aromatic rings. The Bertz CT molecular complexity index is 259. The zero-order valence-corrected chi connectivity index (χ0v) is 6.50. The van der Waals surface area contributed by atoms with E-state index in [1.165, 1.54) is 0 Å². The molecule has 0 radical (unpaired) electrons. The number of hydrogen-bond donors (Lipinski definition) is 1. The maximum absolute atomic E-state index is 5.47. The Hall–Kier alpha value is -1.18. The molecule has 1 aliphatic heterocycles. The highest BCUT2D eigenvalue weighted by Crippen LogP contribution is 2.27. The topological polar surface area (TPSA) is 21.3 Å². The molecule has 2 rings (SSSR count). The van der Waals surface area contributed by atoms with E-state index in [1.807, 2.05) is 24.3 Å². The zero-order chi connectivity index (χ0) is 7.68. The van der Waals surface area contributed by atoms with Crippen LogP contribution in [0.4, 0.5) is 5.69 Å². The van der Waals surface area contributed by atoms with Crippen LogP contribution in [0.2, 0.25) is 0 Å². The summed E-state index contributed by atoms with van der Waals surface area (Å²) in [7, 11) is 0. The summed E-state index contributed by atoms with van der Waals surface area (Å²) >= 11 is 0. The SMILES string of the molecule is C[C@H]1COc2ccccc2N1. The highest BCUT2D eigenvalue weighted by atomic mass is 16.5. The molecule has 1 aromatic carbocycles. The summed E-state index contributed by atoms with van der Waals surface area (Å²) in [5, 5.41) is 3.33. The Morgan fingerprint density at radius 3 is 3.18 bits per heavy atom. The minimum atomic E-state index is 0.421. The Morgan fingerprint density at radius 2 is 2.27 bits per heavy atom. The average molecular weight is 149 g/mol. The maximum Gasteiger partial charge on any atom is 0.142 e. The zero-order valence-electron chi connectivity index (χ0n) is 6.50. The van der Waals surface area contributed by atoms with E-state index in [1.54, 1.807) is 0 Å². The summed E-state index contributed by atoms with van der Waals surface area (Å²) < 4.78 is 5.47. The van der Waals surface area contributed by atoms with Crippen molar-refractivity contribution in [3.8, 4) is 5.75 Å². The first kappa shape index (κ1) is 6.53. The lowest BCUT2D eigenvalue weighted by molar-refractivity contribution is 0.292. The Labute approximate surface area is 66.2 Å². The molecule has 1 N–H and O–H groups in total. The largest absolute Gasteiger partial charge is 0.489 e. The van der Waals surface area contributed by atoms with Crippen molar-refractivity contribution in [2.45, 2.75) is 13.0 Å². The number of anilines is 1. The molecule has 0 amide bonds. The summed E-state index contributed by atoms with van der Waals surface area (Å²) in [6.45, 7) is 2.87. The molecule has 0 aliphatic carbocycles. The van der Waals surface area contributed by atoms with Crippen molar-refractivity contribution in [2.75, 3.05) is 11.9 Å². The number of para-hydroxylation sites is 2. The van der Waals surface area contributed by atoms with Gasteiger partial charge in [0.25, 0.3) is 0 Å². The first-order valence-corrected chi connectivity index (χ1v) is 3.84. The Balaban J connectivity index is 2.34. The van der Waals surface area contributed by atoms with E-state index in [4.69, 9.17) is 4.74 Å². The molecule has 0 spiro atoms. The molecule has 1 heterocycles. The van der Waals surface area contributed by atoms with Crippen molar-refractivity contribution < 1.29 is 4.74 Å². The highest BCUT2D eigenvalue weighted by molar-refractivity contribution is 5.57. The molecule has 0 saturated heterocycles. The van der Waals surface area contributed by atoms with Gasteiger partial charge in [0.15, 0.2) is 0 Å². The van der Waals surface area contributed by atoms with Gasteiger partial charge in [-0.2, -0.15) is 0 Å². The van der Waals surface area contributed by atoms with Crippen LogP contribution in [-0.4, -0.2) is 12.6 Å². The molecular formula is C9H11NO. The number of hydrogen-bond acceptors (Lipinski definition) is 2. The molecule has 0 fully saturated rings. The van der Waals surface area contributed by atoms with Crippen molar-refractivity contribution in [2.24, 2.45) is 0 Å². The van der Waals surface area contributed by atoms with Crippen LogP contribution in [0, 0.1) is 0 Å². The van der Waals surface area contributed by atoms with E-state index in [9.17, 15) is 0 Å². The van der Waals surface area contributed by atoms with Gasteiger partial charge in [-0.3, -0.25) is 0 Å². The molecule has 1 atom stereocenters. The number of nitrogens with one attached hydrogen (secondary N) is 1. The molecule has 0 bridgehead atoms. The van der Waals surface area contributed by atoms with E-state index < -0.39 is 0 Å². The van der Waals surface area contributed by atoms with Crippen molar-refractivity contribution in [1.29, 1.82) is 0 Å². The van der Waals surface area contributed by atoms with Gasteiger partial charge < -0.3 is 10.1 Å². The minimum absolute atomic E-state index is 0.421. The first-order chi connectivity index (χ1) is 5.36. The standard InChI is InChI=1S/C9H11NO/c1-7-6-11-9-5-3-2-4-8(9)10-7/h2-5,7,10H,6H2,1H3/t7-/m0/s1. The fourth-order valence-electron chi connectivity index (χ4n) is 1.23. The Kier molecular flexibility index (Phi) is 1.46. The number of ether oxygens (including phenoxy) is 1. The molecule has 58 valence electrons. The quantitative estimate of drug-likeness (QED) is 0.608. The van der Waals surface area contributed by atoms with Crippen molar-refractivity contribution >= 4 is 5.69 Å². The smallest absolute Gasteiger partial charge is 0.142 e. The number of rotatable bonds is 0. The summed E-state index contributed by atoms with van der Waals surface area (Å²) in [5.74, 6) is 0.964. The monoisotopic (exact) mass is 149 g/mol. The lowest BCUT2D eigenvalue weighted by Gasteiger charge is -2.24. The van der Waals surface area contributed by atoms with Crippen LogP contribution in [0.15, 0.2) is 24.3 Å². The summed E-state index contributed by atoms with van der Waals surface area (Å²) in [6.07, 6.45) is 0. The fourth-order valence-corrected chi connectivity index (χ4v) is 1.23. The third kappa shape index (κ3) is 1.16. The van der Waals surface area contributed by atoms with E-state index in [-0.39, 0.29) is 0 Å². The van der Waals surface area contributed by atoms with E-state index in [0.717, 1.165) is 18.0 Å². The van der Waals surface area contributed by atoms with Gasteiger partial charge in [0.05, 0.1) is 11.7 Å². The second kappa shape index (κ2) is 2.46. The summed E-state index contributed by atoms with van der Waals surface area (Å²) in [6, 6.07) is 8.42. The second-order valence-electron chi connectivity index (χ2n) is 2.85. The fraction of sp³-hybridized carbons (Fsp3) is 0.333. The van der Waals surface area contributed by atoms with Crippen LogP contribution in [0.3, 0.4) is 0 Å². The first-order valence-electron chi connectivity index (χ1n) is 3.84. The predicted octanol–water partition coefficient (Wildman–Crippen LogP) is 1.88. The maximum atomic E-state index is 5.47. The summed E-state index contributed by atoms with van der Waals surface area (Å²) in [4.78, 5) is 0. The molecule has 0 unspecified atom stereocenters. The summed E-state index contributed by atoms with van der Waals surface area (Å²) in [5.41, 5.74) is 1.10. The third-order valence-electron chi connectivity index (χ3n) is 1.78. The van der Waals surface area contributed by atoms with Crippen LogP contribution in [0.1, 0.15) is 6.92 Å². The molecule has 1 aliphatic rings. The Morgan fingerprint density at radius 1 is 1.45 bits per heavy atom.